The Labute approximate surface area is 579 Å². The maximum Gasteiger partial charge on any atom is 0.0541 e. The normalized spacial score (nSPS) is 11.6. The van der Waals surface area contributed by atoms with Gasteiger partial charge in [0.2, 0.25) is 0 Å². The van der Waals surface area contributed by atoms with Gasteiger partial charge in [-0.1, -0.05) is 273 Å². The van der Waals surface area contributed by atoms with Crippen LogP contribution in [-0.2, 0) is 0 Å². The van der Waals surface area contributed by atoms with Crippen LogP contribution in [0.15, 0.2) is 388 Å². The second kappa shape index (κ2) is 24.4. The lowest BCUT2D eigenvalue weighted by Gasteiger charge is -2.14. The number of benzene rings is 16. The molecule has 20 aromatic rings. The third-order valence-corrected chi connectivity index (χ3v) is 20.2. The average Bonchev–Trinajstić information content (AvgIpc) is 1.60. The van der Waals surface area contributed by atoms with E-state index in [1.807, 2.05) is 0 Å². The van der Waals surface area contributed by atoms with Crippen molar-refractivity contribution in [2.24, 2.45) is 0 Å². The number of para-hydroxylation sites is 5. The van der Waals surface area contributed by atoms with E-state index in [1.54, 1.807) is 0 Å². The quantitative estimate of drug-likeness (QED) is 0.130. The Bertz CT molecular complexity index is 6290. The zero-order valence-electron chi connectivity index (χ0n) is 54.7. The van der Waals surface area contributed by atoms with Crippen molar-refractivity contribution in [1.29, 1.82) is 0 Å². The molecule has 0 spiro atoms. The van der Waals surface area contributed by atoms with Crippen LogP contribution in [0.2, 0.25) is 0 Å². The molecule has 4 aromatic heterocycles. The van der Waals surface area contributed by atoms with Crippen LogP contribution in [0, 0.1) is 0 Å². The third-order valence-electron chi connectivity index (χ3n) is 20.2. The van der Waals surface area contributed by atoms with Gasteiger partial charge in [-0.05, 0) is 176 Å². The zero-order valence-corrected chi connectivity index (χ0v) is 54.7. The van der Waals surface area contributed by atoms with Crippen LogP contribution in [0.5, 0.6) is 0 Å². The average molecular weight is 1270 g/mol. The molecule has 16 aromatic carbocycles. The van der Waals surface area contributed by atoms with Crippen molar-refractivity contribution in [2.45, 2.75) is 0 Å². The van der Waals surface area contributed by atoms with E-state index in [1.165, 1.54) is 160 Å². The Morgan fingerprint density at radius 2 is 0.390 bits per heavy atom. The van der Waals surface area contributed by atoms with Crippen molar-refractivity contribution in [3.63, 3.8) is 0 Å². The highest BCUT2D eigenvalue weighted by molar-refractivity contribution is 6.15. The lowest BCUT2D eigenvalue weighted by atomic mass is 10.0. The summed E-state index contributed by atoms with van der Waals surface area (Å²) in [5.74, 6) is 0. The van der Waals surface area contributed by atoms with Gasteiger partial charge in [-0.25, -0.2) is 0 Å². The number of aromatic nitrogens is 4. The van der Waals surface area contributed by atoms with Crippen molar-refractivity contribution in [3.05, 3.63) is 388 Å². The summed E-state index contributed by atoms with van der Waals surface area (Å²) < 4.78 is 9.63. The largest absolute Gasteiger partial charge is 0.309 e. The predicted molar refractivity (Wildman–Crippen MR) is 423 cm³/mol. The van der Waals surface area contributed by atoms with Crippen LogP contribution in [0.1, 0.15) is 0 Å². The molecule has 0 saturated carbocycles. The van der Waals surface area contributed by atoms with Crippen molar-refractivity contribution in [3.8, 4) is 89.5 Å². The molecular formula is C96H64N4. The highest BCUT2D eigenvalue weighted by Crippen LogP contribution is 2.43. The van der Waals surface area contributed by atoms with Gasteiger partial charge in [0.25, 0.3) is 0 Å². The van der Waals surface area contributed by atoms with E-state index in [9.17, 15) is 0 Å². The summed E-state index contributed by atoms with van der Waals surface area (Å²) in [6.07, 6.45) is 0. The lowest BCUT2D eigenvalue weighted by Crippen LogP contribution is -1.97. The molecule has 20 rings (SSSR count). The Kier molecular flexibility index (Phi) is 14.2. The molecule has 0 fully saturated rings. The van der Waals surface area contributed by atoms with Crippen LogP contribution >= 0.6 is 0 Å². The molecule has 4 nitrogen and oxygen atoms in total. The predicted octanol–water partition coefficient (Wildman–Crippen LogP) is 25.8. The van der Waals surface area contributed by atoms with E-state index in [4.69, 9.17) is 0 Å². The van der Waals surface area contributed by atoms with Crippen LogP contribution in [0.3, 0.4) is 0 Å². The highest BCUT2D eigenvalue weighted by Gasteiger charge is 2.21. The van der Waals surface area contributed by atoms with Crippen molar-refractivity contribution in [2.75, 3.05) is 0 Å². The first-order valence-corrected chi connectivity index (χ1v) is 34.4. The van der Waals surface area contributed by atoms with Crippen LogP contribution in [0.25, 0.3) is 177 Å². The highest BCUT2D eigenvalue weighted by atomic mass is 15.0. The van der Waals surface area contributed by atoms with Crippen molar-refractivity contribution in [1.82, 2.24) is 18.3 Å². The Balaban J connectivity index is 0.000000139. The van der Waals surface area contributed by atoms with Gasteiger partial charge in [0, 0.05) is 65.7 Å². The van der Waals surface area contributed by atoms with Gasteiger partial charge < -0.3 is 18.3 Å². The van der Waals surface area contributed by atoms with Crippen LogP contribution < -0.4 is 0 Å². The van der Waals surface area contributed by atoms with E-state index < -0.39 is 0 Å². The lowest BCUT2D eigenvalue weighted by molar-refractivity contribution is 1.18. The molecular weight excluding hydrogens is 1210 g/mol. The number of fused-ring (bicyclic) bond motifs is 12. The third kappa shape index (κ3) is 10.00. The zero-order chi connectivity index (χ0) is 66.0. The maximum absolute atomic E-state index is 2.43. The van der Waals surface area contributed by atoms with E-state index in [0.29, 0.717) is 0 Å². The molecule has 0 radical (unpaired) electrons. The van der Waals surface area contributed by atoms with Gasteiger partial charge in [-0.2, -0.15) is 0 Å². The number of rotatable bonds is 10. The first-order chi connectivity index (χ1) is 49.6. The van der Waals surface area contributed by atoms with Crippen LogP contribution in [0.4, 0.5) is 0 Å². The second-order valence-corrected chi connectivity index (χ2v) is 26.0. The monoisotopic (exact) mass is 1270 g/mol. The molecule has 0 aliphatic carbocycles. The van der Waals surface area contributed by atoms with Crippen molar-refractivity contribution >= 4 is 87.2 Å². The Hall–Kier alpha value is -13.3. The van der Waals surface area contributed by atoms with E-state index in [0.717, 1.165) is 17.1 Å². The van der Waals surface area contributed by atoms with Gasteiger partial charge >= 0.3 is 0 Å². The number of nitrogens with zero attached hydrogens (tertiary/aromatic N) is 4. The van der Waals surface area contributed by atoms with Crippen LogP contribution in [-0.4, -0.2) is 18.3 Å². The molecule has 0 aliphatic rings. The van der Waals surface area contributed by atoms with Gasteiger partial charge in [0.15, 0.2) is 0 Å². The SMILES string of the molecule is c1ccc(-c2ccc(-n3c4ccccc4c4cc(-c5ccc6c(c5)c5ccccc5n6-c5ccccc5-c5ccccc5)ccc43)cc2)cc1.c1ccc(-c2cccc(-n3c4ccccc4c4cc(-c5ccc6c(c5)c5ccccc5n6-c5cccc(-c6ccccc6)c5)ccc43)c2)cc1. The first kappa shape index (κ1) is 58.1. The molecule has 4 heteroatoms. The molecule has 0 atom stereocenters. The maximum atomic E-state index is 2.43. The second-order valence-electron chi connectivity index (χ2n) is 26.0. The van der Waals surface area contributed by atoms with Gasteiger partial charge in [-0.3, -0.25) is 0 Å². The number of hydrogen-bond donors (Lipinski definition) is 0. The van der Waals surface area contributed by atoms with Gasteiger partial charge in [0.05, 0.1) is 49.8 Å². The molecule has 0 saturated heterocycles. The summed E-state index contributed by atoms with van der Waals surface area (Å²) in [4.78, 5) is 0. The minimum absolute atomic E-state index is 1.16. The Morgan fingerprint density at radius 1 is 0.130 bits per heavy atom. The molecule has 0 amide bonds. The standard InChI is InChI=1S/2C48H32N2/c1-3-13-33(14-4-1)34-23-27-38(28-24-34)49-45-21-11-8-18-40(45)42-31-36(25-29-47(42)49)37-26-30-48-43(32-37)41-19-9-12-22-46(41)50(48)44-20-10-7-17-39(44)35-15-5-2-6-16-35;1-3-13-33(14-4-1)35-17-11-19-39(29-35)49-45-23-9-7-21-41(45)43-31-37(25-27-47(43)49)38-26-28-48-44(32-38)42-22-8-10-24-46(42)50(48)40-20-12-18-36(30-40)34-15-5-2-6-16-34/h2*1-32H. The minimum atomic E-state index is 1.16. The summed E-state index contributed by atoms with van der Waals surface area (Å²) in [7, 11) is 0. The Morgan fingerprint density at radius 3 is 0.790 bits per heavy atom. The first-order valence-electron chi connectivity index (χ1n) is 34.4. The molecule has 0 aliphatic heterocycles. The molecule has 100 heavy (non-hydrogen) atoms. The summed E-state index contributed by atoms with van der Waals surface area (Å²) >= 11 is 0. The topological polar surface area (TPSA) is 19.7 Å². The van der Waals surface area contributed by atoms with Crippen molar-refractivity contribution < 1.29 is 0 Å². The minimum Gasteiger partial charge on any atom is -0.309 e. The van der Waals surface area contributed by atoms with E-state index >= 15 is 0 Å². The van der Waals surface area contributed by atoms with E-state index in [2.05, 4.69) is 407 Å². The summed E-state index contributed by atoms with van der Waals surface area (Å²) in [5.41, 5.74) is 28.9. The molecule has 4 heterocycles. The number of hydrogen-bond acceptors (Lipinski definition) is 0. The fourth-order valence-electron chi connectivity index (χ4n) is 15.6. The molecule has 468 valence electrons. The fraction of sp³-hybridized carbons (Fsp3) is 0. The van der Waals surface area contributed by atoms with Gasteiger partial charge in [0.1, 0.15) is 0 Å². The van der Waals surface area contributed by atoms with E-state index in [-0.39, 0.29) is 0 Å². The molecule has 0 N–H and O–H groups in total. The summed E-state index contributed by atoms with van der Waals surface area (Å²) in [5, 5.41) is 10.0. The summed E-state index contributed by atoms with van der Waals surface area (Å²) in [6, 6.07) is 141. The fourth-order valence-corrected chi connectivity index (χ4v) is 15.6. The van der Waals surface area contributed by atoms with Gasteiger partial charge in [-0.15, -0.1) is 0 Å². The smallest absolute Gasteiger partial charge is 0.0541 e. The molecule has 0 unspecified atom stereocenters. The molecule has 0 bridgehead atoms. The summed E-state index contributed by atoms with van der Waals surface area (Å²) in [6.45, 7) is 0.